The average Bonchev–Trinajstić information content (AvgIpc) is 3.20. The molecule has 2 aromatic rings. The first kappa shape index (κ1) is 23.6. The fourth-order valence-electron chi connectivity index (χ4n) is 4.74. The highest BCUT2D eigenvalue weighted by molar-refractivity contribution is 7.11. The lowest BCUT2D eigenvalue weighted by Gasteiger charge is -2.43. The number of halogens is 1. The number of hydrogen-bond donors (Lipinski definition) is 0. The van der Waals surface area contributed by atoms with E-state index in [1.807, 2.05) is 41.4 Å². The molecule has 0 radical (unpaired) electrons. The summed E-state index contributed by atoms with van der Waals surface area (Å²) in [4.78, 5) is 20.4. The second kappa shape index (κ2) is 10.6. The van der Waals surface area contributed by atoms with Crippen LogP contribution < -0.4 is 4.74 Å². The molecule has 5 nitrogen and oxygen atoms in total. The van der Waals surface area contributed by atoms with Crippen molar-refractivity contribution in [1.82, 2.24) is 9.80 Å². The quantitative estimate of drug-likeness (QED) is 0.568. The van der Waals surface area contributed by atoms with Gasteiger partial charge in [0.05, 0.1) is 19.8 Å². The Morgan fingerprint density at radius 1 is 1.19 bits per heavy atom. The van der Waals surface area contributed by atoms with Crippen molar-refractivity contribution in [3.63, 3.8) is 0 Å². The second-order valence-electron chi connectivity index (χ2n) is 9.20. The van der Waals surface area contributed by atoms with Crippen LogP contribution >= 0.6 is 22.9 Å². The molecule has 0 N–H and O–H groups in total. The Morgan fingerprint density at radius 3 is 2.72 bits per heavy atom. The van der Waals surface area contributed by atoms with E-state index >= 15 is 0 Å². The Hall–Kier alpha value is -1.60. The third-order valence-electron chi connectivity index (χ3n) is 6.48. The van der Waals surface area contributed by atoms with Crippen molar-refractivity contribution >= 4 is 28.8 Å². The number of amides is 1. The molecule has 4 rings (SSSR count). The lowest BCUT2D eigenvalue weighted by molar-refractivity contribution is -0.139. The summed E-state index contributed by atoms with van der Waals surface area (Å²) in [5, 5.41) is 0.740. The first-order valence-electron chi connectivity index (χ1n) is 11.4. The van der Waals surface area contributed by atoms with Crippen LogP contribution in [0.5, 0.6) is 5.75 Å². The van der Waals surface area contributed by atoms with Gasteiger partial charge in [0.25, 0.3) is 0 Å². The number of rotatable bonds is 7. The highest BCUT2D eigenvalue weighted by atomic mass is 35.5. The highest BCUT2D eigenvalue weighted by Gasteiger charge is 2.39. The third-order valence-corrected chi connectivity index (χ3v) is 7.89. The van der Waals surface area contributed by atoms with Crippen LogP contribution in [0.25, 0.3) is 0 Å². The minimum absolute atomic E-state index is 0.201. The van der Waals surface area contributed by atoms with Gasteiger partial charge in [-0.1, -0.05) is 11.6 Å². The normalized spacial score (nSPS) is 22.2. The summed E-state index contributed by atoms with van der Waals surface area (Å²) in [6.07, 6.45) is 2.58. The summed E-state index contributed by atoms with van der Waals surface area (Å²) in [7, 11) is 0. The largest absolute Gasteiger partial charge is 0.493 e. The van der Waals surface area contributed by atoms with E-state index in [-0.39, 0.29) is 11.3 Å². The van der Waals surface area contributed by atoms with Crippen LogP contribution in [0.2, 0.25) is 5.02 Å². The summed E-state index contributed by atoms with van der Waals surface area (Å²) in [5.41, 5.74) is 0.800. The van der Waals surface area contributed by atoms with Crippen LogP contribution in [0.3, 0.4) is 0 Å². The van der Waals surface area contributed by atoms with Crippen LogP contribution in [-0.2, 0) is 16.1 Å². The predicted octanol–water partition coefficient (Wildman–Crippen LogP) is 4.93. The van der Waals surface area contributed by atoms with E-state index in [0.717, 1.165) is 48.8 Å². The smallest absolute Gasteiger partial charge is 0.223 e. The molecule has 2 saturated heterocycles. The molecule has 32 heavy (non-hydrogen) atoms. The Balaban J connectivity index is 1.49. The van der Waals surface area contributed by atoms with Crippen LogP contribution in [0.15, 0.2) is 30.3 Å². The summed E-state index contributed by atoms with van der Waals surface area (Å²) in [6, 6.07) is 10.2. The summed E-state index contributed by atoms with van der Waals surface area (Å²) >= 11 is 8.04. The molecule has 1 aromatic carbocycles. The standard InChI is InChI=1S/C25H33ClN2O3S/c1-19-14-21(5-7-23(19)26)31-18-25(15-24(29)28-10-12-30-13-11-28)8-3-9-27(17-25)16-22-6-4-20(2)32-22/h4-7,14H,3,8-13,15-18H2,1-2H3. The molecule has 2 aliphatic rings. The zero-order valence-electron chi connectivity index (χ0n) is 19.1. The summed E-state index contributed by atoms with van der Waals surface area (Å²) < 4.78 is 11.7. The number of thiophene rings is 1. The van der Waals surface area contributed by atoms with Crippen molar-refractivity contribution in [2.45, 2.75) is 39.7 Å². The van der Waals surface area contributed by atoms with Gasteiger partial charge >= 0.3 is 0 Å². The maximum absolute atomic E-state index is 13.2. The SMILES string of the molecule is Cc1ccc(CN2CCCC(COc3ccc(Cl)c(C)c3)(CC(=O)N3CCOCC3)C2)s1. The molecule has 174 valence electrons. The summed E-state index contributed by atoms with van der Waals surface area (Å²) in [6.45, 7) is 10.2. The van der Waals surface area contributed by atoms with Gasteiger partial charge < -0.3 is 14.4 Å². The molecule has 0 spiro atoms. The first-order chi connectivity index (χ1) is 15.4. The van der Waals surface area contributed by atoms with Crippen molar-refractivity contribution in [2.24, 2.45) is 5.41 Å². The van der Waals surface area contributed by atoms with Crippen molar-refractivity contribution in [1.29, 1.82) is 0 Å². The Bertz CT molecular complexity index is 928. The number of piperidine rings is 1. The molecule has 1 aromatic heterocycles. The number of aryl methyl sites for hydroxylation is 2. The van der Waals surface area contributed by atoms with Crippen LogP contribution in [-0.4, -0.2) is 61.7 Å². The molecular weight excluding hydrogens is 444 g/mol. The van der Waals surface area contributed by atoms with Crippen molar-refractivity contribution in [3.05, 3.63) is 50.7 Å². The van der Waals surface area contributed by atoms with Crippen molar-refractivity contribution < 1.29 is 14.3 Å². The molecule has 2 fully saturated rings. The van der Waals surface area contributed by atoms with Crippen LogP contribution in [0.1, 0.15) is 34.6 Å². The molecule has 0 aliphatic carbocycles. The number of morpholine rings is 1. The number of benzene rings is 1. The molecule has 1 amide bonds. The first-order valence-corrected chi connectivity index (χ1v) is 12.6. The highest BCUT2D eigenvalue weighted by Crippen LogP contribution is 2.36. The van der Waals surface area contributed by atoms with E-state index in [1.165, 1.54) is 9.75 Å². The van der Waals surface area contributed by atoms with Gasteiger partial charge in [0.1, 0.15) is 5.75 Å². The molecule has 0 saturated carbocycles. The monoisotopic (exact) mass is 476 g/mol. The lowest BCUT2D eigenvalue weighted by Crippen LogP contribution is -2.50. The molecule has 1 atom stereocenters. The topological polar surface area (TPSA) is 42.0 Å². The maximum Gasteiger partial charge on any atom is 0.223 e. The number of likely N-dealkylation sites (tertiary alicyclic amines) is 1. The number of ether oxygens (including phenoxy) is 2. The van der Waals surface area contributed by atoms with Gasteiger partial charge in [-0.05, 0) is 69.1 Å². The van der Waals surface area contributed by atoms with Crippen LogP contribution in [0, 0.1) is 19.3 Å². The summed E-state index contributed by atoms with van der Waals surface area (Å²) in [5.74, 6) is 1.04. The molecule has 2 aliphatic heterocycles. The molecule has 0 bridgehead atoms. The van der Waals surface area contributed by atoms with E-state index in [9.17, 15) is 4.79 Å². The number of nitrogens with zero attached hydrogens (tertiary/aromatic N) is 2. The number of carbonyl (C=O) groups excluding carboxylic acids is 1. The Kier molecular flexibility index (Phi) is 7.77. The van der Waals surface area contributed by atoms with Gasteiger partial charge in [0.15, 0.2) is 0 Å². The predicted molar refractivity (Wildman–Crippen MR) is 130 cm³/mol. The minimum Gasteiger partial charge on any atom is -0.493 e. The fourth-order valence-corrected chi connectivity index (χ4v) is 5.79. The van der Waals surface area contributed by atoms with Gasteiger partial charge in [-0.25, -0.2) is 0 Å². The maximum atomic E-state index is 13.2. The van der Waals surface area contributed by atoms with Gasteiger partial charge in [-0.2, -0.15) is 0 Å². The van der Waals surface area contributed by atoms with E-state index in [1.54, 1.807) is 0 Å². The number of carbonyl (C=O) groups is 1. The molecule has 1 unspecified atom stereocenters. The molecule has 3 heterocycles. The van der Waals surface area contributed by atoms with Crippen LogP contribution in [0.4, 0.5) is 0 Å². The zero-order chi connectivity index (χ0) is 22.6. The molecule has 7 heteroatoms. The minimum atomic E-state index is -0.201. The third kappa shape index (κ3) is 6.04. The van der Waals surface area contributed by atoms with Gasteiger partial charge in [0, 0.05) is 52.8 Å². The van der Waals surface area contributed by atoms with Gasteiger partial charge in [-0.3, -0.25) is 9.69 Å². The van der Waals surface area contributed by atoms with E-state index in [0.29, 0.717) is 39.3 Å². The number of hydrogen-bond acceptors (Lipinski definition) is 5. The van der Waals surface area contributed by atoms with Gasteiger partial charge in [-0.15, -0.1) is 11.3 Å². The Morgan fingerprint density at radius 2 is 2.00 bits per heavy atom. The van der Waals surface area contributed by atoms with E-state index < -0.39 is 0 Å². The fraction of sp³-hybridized carbons (Fsp3) is 0.560. The Labute approximate surface area is 200 Å². The van der Waals surface area contributed by atoms with Crippen molar-refractivity contribution in [2.75, 3.05) is 46.0 Å². The lowest BCUT2D eigenvalue weighted by atomic mass is 9.77. The zero-order valence-corrected chi connectivity index (χ0v) is 20.6. The second-order valence-corrected chi connectivity index (χ2v) is 11.0. The molecular formula is C25H33ClN2O3S. The van der Waals surface area contributed by atoms with Crippen molar-refractivity contribution in [3.8, 4) is 5.75 Å². The van der Waals surface area contributed by atoms with E-state index in [2.05, 4.69) is 24.0 Å². The van der Waals surface area contributed by atoms with Gasteiger partial charge in [0.2, 0.25) is 5.91 Å². The van der Waals surface area contributed by atoms with E-state index in [4.69, 9.17) is 21.1 Å². The average molecular weight is 477 g/mol.